The number of pyridine rings is 1. The summed E-state index contributed by atoms with van der Waals surface area (Å²) in [6.07, 6.45) is 3.40. The minimum absolute atomic E-state index is 0.138. The molecule has 0 aliphatic rings. The van der Waals surface area contributed by atoms with Crippen LogP contribution in [-0.4, -0.2) is 52.7 Å². The molecule has 0 fully saturated rings. The van der Waals surface area contributed by atoms with E-state index in [0.29, 0.717) is 28.2 Å². The molecular weight excluding hydrogens is 454 g/mol. The summed E-state index contributed by atoms with van der Waals surface area (Å²) < 4.78 is 17.7. The van der Waals surface area contributed by atoms with Crippen LogP contribution in [0.1, 0.15) is 0 Å². The van der Waals surface area contributed by atoms with E-state index in [1.165, 1.54) is 11.8 Å². The molecule has 174 valence electrons. The molecule has 4 rings (SSSR count). The first-order chi connectivity index (χ1) is 16.6. The van der Waals surface area contributed by atoms with Crippen LogP contribution in [0.25, 0.3) is 17.1 Å². The molecule has 0 saturated heterocycles. The van der Waals surface area contributed by atoms with Crippen molar-refractivity contribution in [3.63, 3.8) is 0 Å². The Balaban J connectivity index is 1.56. The molecule has 2 aromatic carbocycles. The maximum absolute atomic E-state index is 12.7. The lowest BCUT2D eigenvalue weighted by atomic mass is 10.2. The summed E-state index contributed by atoms with van der Waals surface area (Å²) in [5, 5.41) is 12.2. The van der Waals surface area contributed by atoms with Crippen molar-refractivity contribution in [2.24, 2.45) is 0 Å². The minimum Gasteiger partial charge on any atom is -0.497 e. The highest BCUT2D eigenvalue weighted by Crippen LogP contribution is 2.31. The van der Waals surface area contributed by atoms with Gasteiger partial charge in [0.25, 0.3) is 0 Å². The van der Waals surface area contributed by atoms with Gasteiger partial charge in [-0.1, -0.05) is 11.8 Å². The Morgan fingerprint density at radius 1 is 0.912 bits per heavy atom. The van der Waals surface area contributed by atoms with E-state index in [1.54, 1.807) is 51.9 Å². The number of carbonyl (C=O) groups excluding carboxylic acids is 1. The second-order valence-electron chi connectivity index (χ2n) is 6.98. The van der Waals surface area contributed by atoms with Crippen molar-refractivity contribution >= 4 is 23.4 Å². The smallest absolute Gasteiger partial charge is 0.234 e. The van der Waals surface area contributed by atoms with E-state index in [1.807, 2.05) is 41.0 Å². The van der Waals surface area contributed by atoms with Crippen LogP contribution in [0.5, 0.6) is 17.2 Å². The summed E-state index contributed by atoms with van der Waals surface area (Å²) in [5.41, 5.74) is 2.32. The maximum atomic E-state index is 12.7. The normalized spacial score (nSPS) is 10.6. The molecule has 0 unspecified atom stereocenters. The predicted octanol–water partition coefficient (Wildman–Crippen LogP) is 4.09. The summed E-state index contributed by atoms with van der Waals surface area (Å²) in [5.74, 6) is 2.47. The molecule has 34 heavy (non-hydrogen) atoms. The van der Waals surface area contributed by atoms with Gasteiger partial charge >= 0.3 is 0 Å². The summed E-state index contributed by atoms with van der Waals surface area (Å²) in [6.45, 7) is 0. The molecule has 0 aliphatic carbocycles. The van der Waals surface area contributed by atoms with Crippen molar-refractivity contribution < 1.29 is 19.0 Å². The van der Waals surface area contributed by atoms with Gasteiger partial charge in [-0.2, -0.15) is 0 Å². The van der Waals surface area contributed by atoms with Crippen LogP contribution in [0.4, 0.5) is 5.69 Å². The summed E-state index contributed by atoms with van der Waals surface area (Å²) in [4.78, 5) is 16.7. The Morgan fingerprint density at radius 2 is 1.65 bits per heavy atom. The molecule has 0 atom stereocenters. The molecule has 2 aromatic heterocycles. The van der Waals surface area contributed by atoms with Crippen molar-refractivity contribution in [2.45, 2.75) is 5.16 Å². The van der Waals surface area contributed by atoms with Gasteiger partial charge in [0.05, 0.1) is 27.1 Å². The molecule has 0 spiro atoms. The van der Waals surface area contributed by atoms with Gasteiger partial charge in [-0.3, -0.25) is 14.3 Å². The standard InChI is InChI=1S/C24H23N5O4S/c1-31-19-7-5-18(6-8-19)29-23(16-10-12-25-13-11-16)27-28-24(29)34-15-22(30)26-17-4-9-20(32-2)21(14-17)33-3/h4-14H,15H2,1-3H3,(H,26,30). The van der Waals surface area contributed by atoms with Crippen LogP contribution in [0, 0.1) is 0 Å². The first-order valence-electron chi connectivity index (χ1n) is 10.3. The molecule has 1 amide bonds. The molecule has 0 aliphatic heterocycles. The first-order valence-corrected chi connectivity index (χ1v) is 11.3. The second kappa shape index (κ2) is 10.7. The Bertz CT molecular complexity index is 1260. The van der Waals surface area contributed by atoms with Gasteiger partial charge < -0.3 is 19.5 Å². The number of hydrogen-bond acceptors (Lipinski definition) is 8. The number of aromatic nitrogens is 4. The first kappa shape index (κ1) is 23.1. The van der Waals surface area contributed by atoms with E-state index in [0.717, 1.165) is 17.0 Å². The molecule has 4 aromatic rings. The lowest BCUT2D eigenvalue weighted by Gasteiger charge is -2.12. The van der Waals surface area contributed by atoms with Crippen LogP contribution in [0.2, 0.25) is 0 Å². The Morgan fingerprint density at radius 3 is 2.32 bits per heavy atom. The van der Waals surface area contributed by atoms with E-state index >= 15 is 0 Å². The molecule has 1 N–H and O–H groups in total. The lowest BCUT2D eigenvalue weighted by Crippen LogP contribution is -2.14. The predicted molar refractivity (Wildman–Crippen MR) is 130 cm³/mol. The molecule has 2 heterocycles. The maximum Gasteiger partial charge on any atom is 0.234 e. The number of nitrogens with one attached hydrogen (secondary N) is 1. The number of nitrogens with zero attached hydrogens (tertiary/aromatic N) is 4. The van der Waals surface area contributed by atoms with E-state index in [9.17, 15) is 4.79 Å². The van der Waals surface area contributed by atoms with Crippen molar-refractivity contribution in [1.82, 2.24) is 19.7 Å². The third-order valence-electron chi connectivity index (χ3n) is 4.90. The lowest BCUT2D eigenvalue weighted by molar-refractivity contribution is -0.113. The zero-order valence-electron chi connectivity index (χ0n) is 18.9. The minimum atomic E-state index is -0.188. The third-order valence-corrected chi connectivity index (χ3v) is 5.83. The molecule has 0 bridgehead atoms. The van der Waals surface area contributed by atoms with E-state index < -0.39 is 0 Å². The molecule has 10 heteroatoms. The summed E-state index contributed by atoms with van der Waals surface area (Å²) in [7, 11) is 4.73. The fraction of sp³-hybridized carbons (Fsp3) is 0.167. The van der Waals surface area contributed by atoms with Gasteiger partial charge in [-0.15, -0.1) is 10.2 Å². The molecule has 0 radical (unpaired) electrons. The number of thioether (sulfide) groups is 1. The SMILES string of the molecule is COc1ccc(-n2c(SCC(=O)Nc3ccc(OC)c(OC)c3)nnc2-c2ccncc2)cc1. The van der Waals surface area contributed by atoms with Crippen LogP contribution in [0.3, 0.4) is 0 Å². The molecular formula is C24H23N5O4S. The third kappa shape index (κ3) is 5.12. The van der Waals surface area contributed by atoms with Gasteiger partial charge in [0, 0.05) is 35.4 Å². The zero-order valence-corrected chi connectivity index (χ0v) is 19.7. The van der Waals surface area contributed by atoms with E-state index in [4.69, 9.17) is 14.2 Å². The largest absolute Gasteiger partial charge is 0.497 e. The van der Waals surface area contributed by atoms with Crippen molar-refractivity contribution in [1.29, 1.82) is 0 Å². The van der Waals surface area contributed by atoms with Crippen LogP contribution < -0.4 is 19.5 Å². The van der Waals surface area contributed by atoms with Crippen LogP contribution >= 0.6 is 11.8 Å². The number of anilines is 1. The van der Waals surface area contributed by atoms with Crippen LogP contribution in [0.15, 0.2) is 72.1 Å². The number of carbonyl (C=O) groups is 1. The van der Waals surface area contributed by atoms with Crippen molar-refractivity contribution in [3.8, 4) is 34.3 Å². The van der Waals surface area contributed by atoms with Gasteiger partial charge in [0.15, 0.2) is 22.5 Å². The number of amides is 1. The Kier molecular flexibility index (Phi) is 7.28. The van der Waals surface area contributed by atoms with Gasteiger partial charge in [-0.25, -0.2) is 0 Å². The van der Waals surface area contributed by atoms with Crippen molar-refractivity contribution in [3.05, 3.63) is 67.0 Å². The summed E-state index contributed by atoms with van der Waals surface area (Å²) in [6, 6.07) is 16.5. The fourth-order valence-electron chi connectivity index (χ4n) is 3.26. The zero-order chi connectivity index (χ0) is 23.9. The molecule has 9 nitrogen and oxygen atoms in total. The highest BCUT2D eigenvalue weighted by atomic mass is 32.2. The van der Waals surface area contributed by atoms with E-state index in [-0.39, 0.29) is 11.7 Å². The molecule has 0 saturated carbocycles. The second-order valence-corrected chi connectivity index (χ2v) is 7.92. The number of rotatable bonds is 9. The topological polar surface area (TPSA) is 100 Å². The fourth-order valence-corrected chi connectivity index (χ4v) is 4.01. The van der Waals surface area contributed by atoms with Gasteiger partial charge in [0.2, 0.25) is 5.91 Å². The summed E-state index contributed by atoms with van der Waals surface area (Å²) >= 11 is 1.29. The quantitative estimate of drug-likeness (QED) is 0.360. The average Bonchev–Trinajstić information content (AvgIpc) is 3.32. The highest BCUT2D eigenvalue weighted by Gasteiger charge is 2.18. The number of methoxy groups -OCH3 is 3. The van der Waals surface area contributed by atoms with Gasteiger partial charge in [-0.05, 0) is 48.5 Å². The number of hydrogen-bond donors (Lipinski definition) is 1. The Labute approximate surface area is 201 Å². The van der Waals surface area contributed by atoms with E-state index in [2.05, 4.69) is 20.5 Å². The number of benzene rings is 2. The van der Waals surface area contributed by atoms with Crippen LogP contribution in [-0.2, 0) is 4.79 Å². The van der Waals surface area contributed by atoms with Crippen molar-refractivity contribution in [2.75, 3.05) is 32.4 Å². The monoisotopic (exact) mass is 477 g/mol. The average molecular weight is 478 g/mol. The van der Waals surface area contributed by atoms with Gasteiger partial charge in [0.1, 0.15) is 5.75 Å². The Hall–Kier alpha value is -4.05. The number of ether oxygens (including phenoxy) is 3. The highest BCUT2D eigenvalue weighted by molar-refractivity contribution is 7.99.